The Morgan fingerprint density at radius 3 is 2.35 bits per heavy atom. The summed E-state index contributed by atoms with van der Waals surface area (Å²) in [6.07, 6.45) is 2.16. The largest absolute Gasteiger partial charge is 0.510 e. The fraction of sp³-hybridized carbons (Fsp3) is 0.282. The molecule has 1 saturated heterocycles. The molecule has 1 atom stereocenters. The first kappa shape index (κ1) is 36.7. The number of methoxy groups -OCH3 is 1. The van der Waals surface area contributed by atoms with Gasteiger partial charge in [0.2, 0.25) is 16.3 Å². The van der Waals surface area contributed by atoms with E-state index in [1.54, 1.807) is 6.07 Å². The number of aromatic hydroxyl groups is 1. The van der Waals surface area contributed by atoms with Crippen LogP contribution in [0.15, 0.2) is 65.5 Å². The number of piperazine rings is 1. The summed E-state index contributed by atoms with van der Waals surface area (Å²) in [4.78, 5) is 79.8. The third-order valence-electron chi connectivity index (χ3n) is 10.9. The maximum absolute atomic E-state index is 13.8. The van der Waals surface area contributed by atoms with E-state index in [9.17, 15) is 39.3 Å². The highest BCUT2D eigenvalue weighted by Crippen LogP contribution is 2.55. The number of hydrogen-bond acceptors (Lipinski definition) is 13. The first-order chi connectivity index (χ1) is 26.4. The van der Waals surface area contributed by atoms with Crippen molar-refractivity contribution in [1.82, 2.24) is 9.88 Å². The molecule has 0 saturated carbocycles. The minimum Gasteiger partial charge on any atom is -0.510 e. The molecule has 5 aliphatic rings. The van der Waals surface area contributed by atoms with Crippen LogP contribution in [0.4, 0.5) is 5.69 Å². The zero-order chi connectivity index (χ0) is 38.9. The van der Waals surface area contributed by atoms with Crippen LogP contribution in [0, 0.1) is 14.0 Å². The van der Waals surface area contributed by atoms with E-state index in [0.717, 1.165) is 58.0 Å². The number of H-pyrrole nitrogens is 1. The minimum absolute atomic E-state index is 0.0538. The molecule has 4 aliphatic carbocycles. The molecule has 0 radical (unpaired) electrons. The SMILES string of the molecule is COc1cc(=O)c2c(=O)c3c(c(=O)c=2c1=O)=C(O)[C@]1(CCc2c1c(O)c1c(=O)[nH]c(/C=N/OCCCN4CCN(c5cccc(Cl)c5)CC4)cc1c2I)C=3O. The van der Waals surface area contributed by atoms with Crippen molar-refractivity contribution in [2.24, 2.45) is 5.16 Å². The van der Waals surface area contributed by atoms with Crippen LogP contribution in [0.3, 0.4) is 0 Å². The molecule has 1 spiro atoms. The molecule has 2 aromatic carbocycles. The summed E-state index contributed by atoms with van der Waals surface area (Å²) in [6.45, 7) is 4.78. The van der Waals surface area contributed by atoms with E-state index in [1.807, 2.05) is 40.8 Å². The number of anilines is 1. The number of ether oxygens (including phenoxy) is 1. The van der Waals surface area contributed by atoms with Crippen molar-refractivity contribution >= 4 is 68.4 Å². The van der Waals surface area contributed by atoms with Gasteiger partial charge in [0.1, 0.15) is 29.3 Å². The Morgan fingerprint density at radius 1 is 0.945 bits per heavy atom. The summed E-state index contributed by atoms with van der Waals surface area (Å²) in [5.41, 5.74) is -5.10. The highest BCUT2D eigenvalue weighted by molar-refractivity contribution is 14.1. The molecule has 1 aromatic heterocycles. The highest BCUT2D eigenvalue weighted by atomic mass is 127. The topological polar surface area (TPSA) is 199 Å². The number of rotatable bonds is 8. The number of aliphatic hydroxyl groups excluding tert-OH is 2. The fourth-order valence-electron chi connectivity index (χ4n) is 8.28. The minimum atomic E-state index is -1.99. The molecular formula is C39H32ClIN4O10. The quantitative estimate of drug-likeness (QED) is 0.0757. The van der Waals surface area contributed by atoms with Crippen molar-refractivity contribution in [2.45, 2.75) is 24.7 Å². The first-order valence-electron chi connectivity index (χ1n) is 17.4. The molecule has 16 heteroatoms. The third kappa shape index (κ3) is 5.61. The van der Waals surface area contributed by atoms with Crippen LogP contribution in [0.1, 0.15) is 29.7 Å². The van der Waals surface area contributed by atoms with Crippen LogP contribution in [-0.4, -0.2) is 77.9 Å². The molecule has 1 aliphatic heterocycles. The van der Waals surface area contributed by atoms with Crippen LogP contribution >= 0.6 is 34.2 Å². The number of nitrogens with zero attached hydrogens (tertiary/aromatic N) is 3. The standard InChI is InChI=1S/C39H32ClIN4O10/c1-54-24-16-23(46)26-27(32(24)47)34(49)29-28(33(26)48)36(51)39(37(29)52)7-6-21-30(39)35(50)25-22(31(21)41)15-19(43-38(25)53)17-42-55-13-3-8-44-9-11-45(12-10-44)20-5-2-4-18(40)14-20/h2,4-5,14-17,50-52H,3,6-13H2,1H3,(H,43,53)/b42-17+/t39-/m0/s1. The molecule has 0 unspecified atom stereocenters. The summed E-state index contributed by atoms with van der Waals surface area (Å²) in [5.74, 6) is -2.54. The molecule has 0 bridgehead atoms. The number of aromatic nitrogens is 1. The van der Waals surface area contributed by atoms with Crippen LogP contribution in [-0.2, 0) is 16.7 Å². The number of benzene rings is 2. The number of nitrogens with one attached hydrogen (secondary N) is 1. The second-order valence-corrected chi connectivity index (χ2v) is 15.3. The second kappa shape index (κ2) is 13.8. The number of oxime groups is 1. The van der Waals surface area contributed by atoms with E-state index < -0.39 is 76.6 Å². The smallest absolute Gasteiger partial charge is 0.260 e. The number of pyridine rings is 1. The number of aliphatic hydroxyl groups is 2. The lowest BCUT2D eigenvalue weighted by Gasteiger charge is -2.36. The van der Waals surface area contributed by atoms with E-state index in [1.165, 1.54) is 6.21 Å². The number of fused-ring (bicyclic) bond motifs is 4. The molecule has 282 valence electrons. The maximum Gasteiger partial charge on any atom is 0.260 e. The van der Waals surface area contributed by atoms with Crippen LogP contribution in [0.2, 0.25) is 5.02 Å². The zero-order valence-corrected chi connectivity index (χ0v) is 32.1. The average Bonchev–Trinajstić information content (AvgIpc) is 3.68. The lowest BCUT2D eigenvalue weighted by atomic mass is 9.78. The van der Waals surface area contributed by atoms with Crippen molar-refractivity contribution in [2.75, 3.05) is 51.3 Å². The summed E-state index contributed by atoms with van der Waals surface area (Å²) in [6, 6.07) is 10.2. The third-order valence-corrected chi connectivity index (χ3v) is 12.4. The van der Waals surface area contributed by atoms with Crippen LogP contribution in [0.5, 0.6) is 11.5 Å². The monoisotopic (exact) mass is 878 g/mol. The van der Waals surface area contributed by atoms with Crippen LogP contribution < -0.4 is 47.3 Å². The summed E-state index contributed by atoms with van der Waals surface area (Å²) in [7, 11) is 1.13. The Kier molecular flexibility index (Phi) is 9.20. The molecule has 14 nitrogen and oxygen atoms in total. The van der Waals surface area contributed by atoms with Crippen molar-refractivity contribution in [1.29, 1.82) is 0 Å². The Labute approximate surface area is 328 Å². The van der Waals surface area contributed by atoms with Crippen molar-refractivity contribution in [3.05, 3.63) is 134 Å². The summed E-state index contributed by atoms with van der Waals surface area (Å²) < 4.78 is 5.46. The maximum atomic E-state index is 13.8. The Bertz CT molecular complexity index is 2970. The van der Waals surface area contributed by atoms with Gasteiger partial charge in [-0.2, -0.15) is 0 Å². The van der Waals surface area contributed by atoms with E-state index in [4.69, 9.17) is 21.2 Å². The predicted molar refractivity (Wildman–Crippen MR) is 214 cm³/mol. The van der Waals surface area contributed by atoms with Gasteiger partial charge in [0.05, 0.1) is 45.3 Å². The van der Waals surface area contributed by atoms with Gasteiger partial charge in [0.25, 0.3) is 5.56 Å². The molecule has 1 fully saturated rings. The molecule has 3 aromatic rings. The van der Waals surface area contributed by atoms with E-state index >= 15 is 0 Å². The summed E-state index contributed by atoms with van der Waals surface area (Å²) >= 11 is 8.16. The van der Waals surface area contributed by atoms with Gasteiger partial charge in [0.15, 0.2) is 11.2 Å². The lowest BCUT2D eigenvalue weighted by Crippen LogP contribution is -2.51. The Balaban J connectivity index is 1.06. The van der Waals surface area contributed by atoms with Gasteiger partial charge < -0.3 is 34.8 Å². The van der Waals surface area contributed by atoms with Gasteiger partial charge in [0, 0.05) is 64.0 Å². The Hall–Kier alpha value is -5.26. The number of hydrogen-bond donors (Lipinski definition) is 4. The molecule has 55 heavy (non-hydrogen) atoms. The van der Waals surface area contributed by atoms with E-state index in [2.05, 4.69) is 26.0 Å². The van der Waals surface area contributed by atoms with Crippen molar-refractivity contribution in [3.63, 3.8) is 0 Å². The normalized spacial score (nSPS) is 18.3. The zero-order valence-electron chi connectivity index (χ0n) is 29.2. The van der Waals surface area contributed by atoms with E-state index in [-0.39, 0.29) is 23.8 Å². The number of aromatic amines is 1. The molecule has 4 N–H and O–H groups in total. The van der Waals surface area contributed by atoms with Gasteiger partial charge in [-0.1, -0.05) is 22.8 Å². The van der Waals surface area contributed by atoms with Gasteiger partial charge in [-0.3, -0.25) is 28.9 Å². The predicted octanol–water partition coefficient (Wildman–Crippen LogP) is 1.33. The molecule has 0 amide bonds. The van der Waals surface area contributed by atoms with Gasteiger partial charge in [-0.15, -0.1) is 0 Å². The number of halogens is 2. The number of phenolic OH excluding ortho intramolecular Hbond substituents is 1. The van der Waals surface area contributed by atoms with Gasteiger partial charge >= 0.3 is 0 Å². The molecule has 8 rings (SSSR count). The van der Waals surface area contributed by atoms with Crippen LogP contribution in [0.25, 0.3) is 22.3 Å². The lowest BCUT2D eigenvalue weighted by molar-refractivity contribution is 0.128. The highest BCUT2D eigenvalue weighted by Gasteiger charge is 2.53. The second-order valence-electron chi connectivity index (χ2n) is 13.8. The molecular weight excluding hydrogens is 847 g/mol. The van der Waals surface area contributed by atoms with Crippen molar-refractivity contribution < 1.29 is 24.9 Å². The molecule has 2 heterocycles. The fourth-order valence-corrected chi connectivity index (χ4v) is 9.43. The van der Waals surface area contributed by atoms with Gasteiger partial charge in [-0.25, -0.2) is 0 Å². The van der Waals surface area contributed by atoms with Crippen molar-refractivity contribution in [3.8, 4) is 11.5 Å². The van der Waals surface area contributed by atoms with Gasteiger partial charge in [-0.05, 0) is 71.7 Å². The number of phenols is 1. The average molecular weight is 879 g/mol. The Morgan fingerprint density at radius 2 is 1.65 bits per heavy atom. The van der Waals surface area contributed by atoms with E-state index in [0.29, 0.717) is 31.8 Å². The summed E-state index contributed by atoms with van der Waals surface area (Å²) in [5, 5.41) is 37.4. The first-order valence-corrected chi connectivity index (χ1v) is 18.9.